The maximum absolute atomic E-state index is 13.8. The summed E-state index contributed by atoms with van der Waals surface area (Å²) in [7, 11) is 0. The lowest BCUT2D eigenvalue weighted by Crippen LogP contribution is -2.40. The molecule has 4 atom stereocenters. The number of fused-ring (bicyclic) bond motifs is 3. The molecule has 2 bridgehead atoms. The SMILES string of the molecule is CCc1ccc(-c2cc(C(F)(F)F)n3nc(C(=O)N[C@@H](C)[C@@H]4C[C@@H]5CC[C@@H]4C5)cc3n2)s1. The van der Waals surface area contributed by atoms with Crippen molar-refractivity contribution in [1.82, 2.24) is 19.9 Å². The maximum atomic E-state index is 13.8. The Morgan fingerprint density at radius 2 is 2.09 bits per heavy atom. The highest BCUT2D eigenvalue weighted by Crippen LogP contribution is 2.49. The minimum absolute atomic E-state index is 0.0130. The van der Waals surface area contributed by atoms with E-state index in [1.165, 1.54) is 36.7 Å². The Bertz CT molecular complexity index is 1170. The van der Waals surface area contributed by atoms with E-state index >= 15 is 0 Å². The second-order valence-electron chi connectivity index (χ2n) is 9.04. The molecule has 5 rings (SSSR count). The number of thiophene rings is 1. The molecule has 0 aromatic carbocycles. The van der Waals surface area contributed by atoms with E-state index in [4.69, 9.17) is 0 Å². The molecule has 3 aromatic heterocycles. The van der Waals surface area contributed by atoms with Gasteiger partial charge in [-0.25, -0.2) is 9.50 Å². The first-order valence-corrected chi connectivity index (χ1v) is 11.9. The minimum Gasteiger partial charge on any atom is -0.348 e. The topological polar surface area (TPSA) is 59.3 Å². The van der Waals surface area contributed by atoms with Crippen molar-refractivity contribution in [3.63, 3.8) is 0 Å². The van der Waals surface area contributed by atoms with E-state index in [9.17, 15) is 18.0 Å². The normalized spacial score (nSPS) is 23.7. The number of nitrogens with one attached hydrogen (secondary N) is 1. The summed E-state index contributed by atoms with van der Waals surface area (Å²) < 4.78 is 42.2. The molecule has 3 aromatic rings. The van der Waals surface area contributed by atoms with Crippen LogP contribution >= 0.6 is 11.3 Å². The van der Waals surface area contributed by atoms with Crippen molar-refractivity contribution in [3.05, 3.63) is 40.5 Å². The van der Waals surface area contributed by atoms with E-state index < -0.39 is 17.8 Å². The van der Waals surface area contributed by atoms with Gasteiger partial charge in [0.25, 0.3) is 5.91 Å². The highest BCUT2D eigenvalue weighted by Gasteiger charge is 2.42. The first-order chi connectivity index (χ1) is 15.2. The predicted octanol–water partition coefficient (Wildman–Crippen LogP) is 5.59. The summed E-state index contributed by atoms with van der Waals surface area (Å²) in [5.74, 6) is 1.36. The third kappa shape index (κ3) is 3.80. The smallest absolute Gasteiger partial charge is 0.348 e. The fraction of sp³-hybridized carbons (Fsp3) is 0.522. The van der Waals surface area contributed by atoms with Crippen LogP contribution in [0.5, 0.6) is 0 Å². The second-order valence-corrected chi connectivity index (χ2v) is 10.2. The number of carbonyl (C=O) groups is 1. The van der Waals surface area contributed by atoms with Gasteiger partial charge in [-0.05, 0) is 68.6 Å². The number of rotatable bonds is 5. The van der Waals surface area contributed by atoms with E-state index in [0.29, 0.717) is 16.7 Å². The van der Waals surface area contributed by atoms with E-state index in [1.54, 1.807) is 6.07 Å². The Morgan fingerprint density at radius 3 is 2.72 bits per heavy atom. The standard InChI is InChI=1S/C23H25F3N4OS/c1-3-15-6-7-19(32-15)17-10-20(23(24,25)26)30-21(28-17)11-18(29-30)22(31)27-12(2)16-9-13-4-5-14(16)8-13/h6-7,10-14,16H,3-5,8-9H2,1-2H3,(H,27,31)/t12-,13+,14+,16-/m0/s1. The highest BCUT2D eigenvalue weighted by molar-refractivity contribution is 7.15. The summed E-state index contributed by atoms with van der Waals surface area (Å²) in [5, 5.41) is 6.97. The van der Waals surface area contributed by atoms with Crippen LogP contribution in [-0.2, 0) is 12.6 Å². The van der Waals surface area contributed by atoms with Gasteiger partial charge in [0.05, 0.1) is 10.6 Å². The van der Waals surface area contributed by atoms with Crippen LogP contribution < -0.4 is 5.32 Å². The fourth-order valence-electron chi connectivity index (χ4n) is 5.41. The number of alkyl halides is 3. The minimum atomic E-state index is -4.63. The Kier molecular flexibility index (Phi) is 5.27. The zero-order chi connectivity index (χ0) is 22.6. The number of aryl methyl sites for hydroxylation is 1. The van der Waals surface area contributed by atoms with Crippen molar-refractivity contribution in [3.8, 4) is 10.6 Å². The number of hydrogen-bond donors (Lipinski definition) is 1. The average molecular weight is 463 g/mol. The van der Waals surface area contributed by atoms with Crippen molar-refractivity contribution in [2.24, 2.45) is 17.8 Å². The first kappa shape index (κ1) is 21.4. The third-order valence-corrected chi connectivity index (χ3v) is 8.26. The summed E-state index contributed by atoms with van der Waals surface area (Å²) in [6.45, 7) is 3.98. The van der Waals surface area contributed by atoms with Gasteiger partial charge in [-0.15, -0.1) is 11.3 Å². The van der Waals surface area contributed by atoms with Gasteiger partial charge in [-0.1, -0.05) is 13.3 Å². The lowest BCUT2D eigenvalue weighted by molar-refractivity contribution is -0.142. The first-order valence-electron chi connectivity index (χ1n) is 11.1. The quantitative estimate of drug-likeness (QED) is 0.537. The summed E-state index contributed by atoms with van der Waals surface area (Å²) >= 11 is 1.42. The van der Waals surface area contributed by atoms with Crippen molar-refractivity contribution >= 4 is 22.9 Å². The molecule has 2 saturated carbocycles. The molecule has 170 valence electrons. The van der Waals surface area contributed by atoms with E-state index in [0.717, 1.165) is 34.2 Å². The Morgan fingerprint density at radius 1 is 1.28 bits per heavy atom. The molecule has 1 N–H and O–H groups in total. The fourth-order valence-corrected chi connectivity index (χ4v) is 6.32. The molecule has 0 aliphatic heterocycles. The molecule has 2 fully saturated rings. The van der Waals surface area contributed by atoms with Crippen LogP contribution in [0.2, 0.25) is 0 Å². The zero-order valence-electron chi connectivity index (χ0n) is 17.9. The number of carbonyl (C=O) groups excluding carboxylic acids is 1. The van der Waals surface area contributed by atoms with Gasteiger partial charge in [0.1, 0.15) is 0 Å². The molecule has 32 heavy (non-hydrogen) atoms. The van der Waals surface area contributed by atoms with E-state index in [1.807, 2.05) is 19.9 Å². The molecule has 0 unspecified atom stereocenters. The van der Waals surface area contributed by atoms with Gasteiger partial charge in [0.2, 0.25) is 0 Å². The van der Waals surface area contributed by atoms with Crippen LogP contribution in [0.25, 0.3) is 16.2 Å². The van der Waals surface area contributed by atoms with Crippen molar-refractivity contribution in [2.75, 3.05) is 0 Å². The van der Waals surface area contributed by atoms with Gasteiger partial charge in [-0.3, -0.25) is 4.79 Å². The van der Waals surface area contributed by atoms with Crippen molar-refractivity contribution in [1.29, 1.82) is 0 Å². The van der Waals surface area contributed by atoms with Gasteiger partial charge in [0, 0.05) is 17.0 Å². The van der Waals surface area contributed by atoms with Crippen LogP contribution in [0.3, 0.4) is 0 Å². The molecular weight excluding hydrogens is 437 g/mol. The lowest BCUT2D eigenvalue weighted by atomic mass is 9.84. The Labute approximate surface area is 188 Å². The molecule has 0 saturated heterocycles. The summed E-state index contributed by atoms with van der Waals surface area (Å²) in [5.41, 5.74) is -0.740. The monoisotopic (exact) mass is 462 g/mol. The number of halogens is 3. The van der Waals surface area contributed by atoms with Crippen LogP contribution in [0.1, 0.15) is 60.6 Å². The number of aromatic nitrogens is 3. The zero-order valence-corrected chi connectivity index (χ0v) is 18.8. The molecule has 2 aliphatic rings. The summed E-state index contributed by atoms with van der Waals surface area (Å²) in [6, 6.07) is 5.99. The molecule has 0 radical (unpaired) electrons. The molecule has 9 heteroatoms. The van der Waals surface area contributed by atoms with Crippen LogP contribution in [0.4, 0.5) is 13.2 Å². The highest BCUT2D eigenvalue weighted by atomic mass is 32.1. The molecule has 5 nitrogen and oxygen atoms in total. The second kappa shape index (κ2) is 7.86. The maximum Gasteiger partial charge on any atom is 0.433 e. The summed E-state index contributed by atoms with van der Waals surface area (Å²) in [6.07, 6.45) is 0.985. The average Bonchev–Trinajstić information content (AvgIpc) is 3.54. The van der Waals surface area contributed by atoms with Crippen LogP contribution in [-0.4, -0.2) is 26.5 Å². The molecular formula is C23H25F3N4OS. The van der Waals surface area contributed by atoms with Gasteiger partial charge < -0.3 is 5.32 Å². The summed E-state index contributed by atoms with van der Waals surface area (Å²) in [4.78, 5) is 19.0. The van der Waals surface area contributed by atoms with Crippen molar-refractivity contribution < 1.29 is 18.0 Å². The number of nitrogens with zero attached hydrogens (tertiary/aromatic N) is 3. The van der Waals surface area contributed by atoms with Gasteiger partial charge in [0.15, 0.2) is 17.0 Å². The van der Waals surface area contributed by atoms with Crippen molar-refractivity contribution in [2.45, 2.75) is 58.2 Å². The largest absolute Gasteiger partial charge is 0.433 e. The number of hydrogen-bond acceptors (Lipinski definition) is 4. The molecule has 0 spiro atoms. The molecule has 2 aliphatic carbocycles. The van der Waals surface area contributed by atoms with Gasteiger partial charge >= 0.3 is 6.18 Å². The van der Waals surface area contributed by atoms with Crippen LogP contribution in [0, 0.1) is 17.8 Å². The molecule has 1 amide bonds. The lowest BCUT2D eigenvalue weighted by Gasteiger charge is -2.28. The van der Waals surface area contributed by atoms with E-state index in [2.05, 4.69) is 15.4 Å². The van der Waals surface area contributed by atoms with Gasteiger partial charge in [-0.2, -0.15) is 18.3 Å². The number of amides is 1. The Hall–Kier alpha value is -2.42. The molecule has 3 heterocycles. The predicted molar refractivity (Wildman–Crippen MR) is 117 cm³/mol. The van der Waals surface area contributed by atoms with E-state index in [-0.39, 0.29) is 23.1 Å². The third-order valence-electron chi connectivity index (χ3n) is 7.01. The van der Waals surface area contributed by atoms with Crippen LogP contribution in [0.15, 0.2) is 24.3 Å². The Balaban J connectivity index is 1.46.